The van der Waals surface area contributed by atoms with Crippen LogP contribution in [-0.4, -0.2) is 15.6 Å². The monoisotopic (exact) mass is 271 g/mol. The molecule has 0 saturated carbocycles. The molecular weight excluding hydrogens is 254 g/mol. The molecule has 0 radical (unpaired) electrons. The zero-order valence-electron chi connectivity index (χ0n) is 11.4. The Kier molecular flexibility index (Phi) is 4.35. The number of pyridine rings is 1. The number of rotatable bonds is 5. The summed E-state index contributed by atoms with van der Waals surface area (Å²) in [6.07, 6.45) is 3.32. The lowest BCUT2D eigenvalue weighted by atomic mass is 10.1. The number of nitrogens with zero attached hydrogens (tertiary/aromatic N) is 1. The number of aromatic nitrogens is 1. The molecule has 0 fully saturated rings. The van der Waals surface area contributed by atoms with E-state index in [9.17, 15) is 9.59 Å². The van der Waals surface area contributed by atoms with Crippen LogP contribution in [-0.2, 0) is 13.0 Å². The smallest absolute Gasteiger partial charge is 0.341 e. The van der Waals surface area contributed by atoms with Crippen LogP contribution in [0.15, 0.2) is 47.4 Å². The van der Waals surface area contributed by atoms with Crippen LogP contribution < -0.4 is 5.56 Å². The third-order valence-electron chi connectivity index (χ3n) is 3.29. The first-order chi connectivity index (χ1) is 9.59. The lowest BCUT2D eigenvalue weighted by Crippen LogP contribution is -2.27. The molecule has 0 aliphatic rings. The van der Waals surface area contributed by atoms with E-state index in [1.807, 2.05) is 30.3 Å². The molecule has 2 rings (SSSR count). The van der Waals surface area contributed by atoms with E-state index in [-0.39, 0.29) is 5.56 Å². The van der Waals surface area contributed by atoms with E-state index in [0.29, 0.717) is 12.1 Å². The normalized spacial score (nSPS) is 10.4. The van der Waals surface area contributed by atoms with Crippen molar-refractivity contribution in [3.05, 3.63) is 69.6 Å². The minimum absolute atomic E-state index is 0.132. The summed E-state index contributed by atoms with van der Waals surface area (Å²) in [5.41, 5.74) is 1.16. The van der Waals surface area contributed by atoms with Gasteiger partial charge in [-0.15, -0.1) is 0 Å². The molecule has 0 atom stereocenters. The molecule has 0 unspecified atom stereocenters. The summed E-state index contributed by atoms with van der Waals surface area (Å²) in [7, 11) is 0. The van der Waals surface area contributed by atoms with Crippen molar-refractivity contribution in [1.82, 2.24) is 4.57 Å². The first kappa shape index (κ1) is 14.1. The Hall–Kier alpha value is -2.36. The number of carbonyl (C=O) groups is 1. The number of benzene rings is 1. The average Bonchev–Trinajstić information content (AvgIpc) is 2.42. The predicted molar refractivity (Wildman–Crippen MR) is 77.2 cm³/mol. The SMILES string of the molecule is Cc1ccn(CCCc2ccccc2)c(=O)c1C(=O)O. The van der Waals surface area contributed by atoms with Crippen LogP contribution in [0.1, 0.15) is 27.9 Å². The quantitative estimate of drug-likeness (QED) is 0.909. The van der Waals surface area contributed by atoms with Gasteiger partial charge in [0, 0.05) is 12.7 Å². The molecule has 0 saturated heterocycles. The lowest BCUT2D eigenvalue weighted by molar-refractivity contribution is 0.0693. The molecule has 4 heteroatoms. The number of aromatic carboxylic acids is 1. The highest BCUT2D eigenvalue weighted by Crippen LogP contribution is 2.05. The second-order valence-electron chi connectivity index (χ2n) is 4.77. The fourth-order valence-electron chi connectivity index (χ4n) is 2.20. The molecule has 0 bridgehead atoms. The van der Waals surface area contributed by atoms with Gasteiger partial charge < -0.3 is 9.67 Å². The number of hydrogen-bond donors (Lipinski definition) is 1. The highest BCUT2D eigenvalue weighted by Gasteiger charge is 2.13. The van der Waals surface area contributed by atoms with Crippen LogP contribution in [0.4, 0.5) is 0 Å². The molecule has 1 aromatic heterocycles. The van der Waals surface area contributed by atoms with Crippen molar-refractivity contribution in [2.24, 2.45) is 0 Å². The summed E-state index contributed by atoms with van der Waals surface area (Å²) < 4.78 is 1.47. The molecule has 0 amide bonds. The number of hydrogen-bond acceptors (Lipinski definition) is 2. The van der Waals surface area contributed by atoms with Gasteiger partial charge in [0.1, 0.15) is 5.56 Å². The molecule has 0 spiro atoms. The summed E-state index contributed by atoms with van der Waals surface area (Å²) in [5, 5.41) is 9.06. The first-order valence-electron chi connectivity index (χ1n) is 6.57. The Bertz CT molecular complexity index is 659. The molecule has 2 aromatic rings. The van der Waals surface area contributed by atoms with Crippen LogP contribution >= 0.6 is 0 Å². The van der Waals surface area contributed by atoms with Crippen molar-refractivity contribution in [3.8, 4) is 0 Å². The highest BCUT2D eigenvalue weighted by atomic mass is 16.4. The topological polar surface area (TPSA) is 59.3 Å². The molecule has 0 aliphatic carbocycles. The molecule has 1 aromatic carbocycles. The predicted octanol–water partition coefficient (Wildman–Crippen LogP) is 2.49. The van der Waals surface area contributed by atoms with Gasteiger partial charge in [0.25, 0.3) is 5.56 Å². The summed E-state index contributed by atoms with van der Waals surface area (Å²) in [4.78, 5) is 23.1. The van der Waals surface area contributed by atoms with Crippen LogP contribution in [0.2, 0.25) is 0 Å². The van der Waals surface area contributed by atoms with Crippen LogP contribution in [0.5, 0.6) is 0 Å². The number of aryl methyl sites for hydroxylation is 3. The maximum Gasteiger partial charge on any atom is 0.341 e. The summed E-state index contributed by atoms with van der Waals surface area (Å²) >= 11 is 0. The van der Waals surface area contributed by atoms with Gasteiger partial charge in [0.15, 0.2) is 0 Å². The lowest BCUT2D eigenvalue weighted by Gasteiger charge is -2.08. The Balaban J connectivity index is 2.09. The Morgan fingerprint density at radius 3 is 2.55 bits per heavy atom. The van der Waals surface area contributed by atoms with E-state index in [0.717, 1.165) is 12.8 Å². The standard InChI is InChI=1S/C16H17NO3/c1-12-9-11-17(15(18)14(12)16(19)20)10-5-8-13-6-3-2-4-7-13/h2-4,6-7,9,11H,5,8,10H2,1H3,(H,19,20). The second kappa shape index (κ2) is 6.19. The van der Waals surface area contributed by atoms with Gasteiger partial charge in [0.05, 0.1) is 0 Å². The maximum absolute atomic E-state index is 12.1. The molecule has 104 valence electrons. The van der Waals surface area contributed by atoms with E-state index in [1.54, 1.807) is 19.2 Å². The number of carboxylic acid groups (broad SMARTS) is 1. The first-order valence-corrected chi connectivity index (χ1v) is 6.57. The van der Waals surface area contributed by atoms with Gasteiger partial charge >= 0.3 is 5.97 Å². The molecule has 4 nitrogen and oxygen atoms in total. The van der Waals surface area contributed by atoms with E-state index < -0.39 is 11.5 Å². The molecule has 20 heavy (non-hydrogen) atoms. The van der Waals surface area contributed by atoms with Crippen molar-refractivity contribution in [1.29, 1.82) is 0 Å². The van der Waals surface area contributed by atoms with Gasteiger partial charge in [0.2, 0.25) is 0 Å². The summed E-state index contributed by atoms with van der Waals surface area (Å²) in [6.45, 7) is 2.16. The van der Waals surface area contributed by atoms with Gasteiger partial charge in [-0.05, 0) is 37.0 Å². The van der Waals surface area contributed by atoms with Crippen molar-refractivity contribution in [3.63, 3.8) is 0 Å². The zero-order valence-corrected chi connectivity index (χ0v) is 11.4. The molecule has 1 N–H and O–H groups in total. The van der Waals surface area contributed by atoms with Crippen molar-refractivity contribution >= 4 is 5.97 Å². The van der Waals surface area contributed by atoms with Crippen molar-refractivity contribution in [2.45, 2.75) is 26.3 Å². The van der Waals surface area contributed by atoms with E-state index in [4.69, 9.17) is 5.11 Å². The summed E-state index contributed by atoms with van der Waals surface area (Å²) in [5.74, 6) is -1.16. The fraction of sp³-hybridized carbons (Fsp3) is 0.250. The summed E-state index contributed by atoms with van der Waals surface area (Å²) in [6, 6.07) is 11.7. The minimum atomic E-state index is -1.16. The fourth-order valence-corrected chi connectivity index (χ4v) is 2.20. The average molecular weight is 271 g/mol. The van der Waals surface area contributed by atoms with E-state index in [1.165, 1.54) is 10.1 Å². The van der Waals surface area contributed by atoms with Gasteiger partial charge in [-0.3, -0.25) is 4.79 Å². The van der Waals surface area contributed by atoms with Crippen LogP contribution in [0, 0.1) is 6.92 Å². The molecule has 1 heterocycles. The number of carboxylic acids is 1. The van der Waals surface area contributed by atoms with Crippen molar-refractivity contribution < 1.29 is 9.90 Å². The van der Waals surface area contributed by atoms with Crippen LogP contribution in [0.3, 0.4) is 0 Å². The Morgan fingerprint density at radius 1 is 1.20 bits per heavy atom. The minimum Gasteiger partial charge on any atom is -0.477 e. The van der Waals surface area contributed by atoms with Gasteiger partial charge in [-0.2, -0.15) is 0 Å². The molecule has 0 aliphatic heterocycles. The third-order valence-corrected chi connectivity index (χ3v) is 3.29. The third kappa shape index (κ3) is 3.15. The second-order valence-corrected chi connectivity index (χ2v) is 4.77. The Labute approximate surface area is 117 Å². The highest BCUT2D eigenvalue weighted by molar-refractivity contribution is 5.88. The maximum atomic E-state index is 12.1. The van der Waals surface area contributed by atoms with E-state index in [2.05, 4.69) is 0 Å². The largest absolute Gasteiger partial charge is 0.477 e. The molecular formula is C16H17NO3. The van der Waals surface area contributed by atoms with Crippen LogP contribution in [0.25, 0.3) is 0 Å². The van der Waals surface area contributed by atoms with E-state index >= 15 is 0 Å². The van der Waals surface area contributed by atoms with Crippen molar-refractivity contribution in [2.75, 3.05) is 0 Å². The van der Waals surface area contributed by atoms with Gasteiger partial charge in [-0.25, -0.2) is 4.79 Å². The Morgan fingerprint density at radius 2 is 1.90 bits per heavy atom. The zero-order chi connectivity index (χ0) is 14.5. The van der Waals surface area contributed by atoms with Gasteiger partial charge in [-0.1, -0.05) is 30.3 Å².